The van der Waals surface area contributed by atoms with Crippen molar-refractivity contribution in [3.63, 3.8) is 0 Å². The van der Waals surface area contributed by atoms with Gasteiger partial charge in [0, 0.05) is 61.8 Å². The van der Waals surface area contributed by atoms with E-state index in [1.165, 1.54) is 6.07 Å². The topological polar surface area (TPSA) is 59.4 Å². The zero-order chi connectivity index (χ0) is 46.8. The van der Waals surface area contributed by atoms with Crippen molar-refractivity contribution in [2.75, 3.05) is 0 Å². The van der Waals surface area contributed by atoms with E-state index in [2.05, 4.69) is 75.9 Å². The lowest BCUT2D eigenvalue weighted by atomic mass is 9.90. The maximum Gasteiger partial charge on any atom is 0.417 e. The molecule has 12 rings (SSSR count). The number of nitriles is 1. The van der Waals surface area contributed by atoms with Gasteiger partial charge in [0.25, 0.3) is 0 Å². The molecule has 0 amide bonds. The molecule has 0 radical (unpaired) electrons. The third-order valence-electron chi connectivity index (χ3n) is 13.2. The Balaban J connectivity index is 1.15. The van der Waals surface area contributed by atoms with Gasteiger partial charge in [0.15, 0.2) is 0 Å². The Labute approximate surface area is 395 Å². The van der Waals surface area contributed by atoms with E-state index in [9.17, 15) is 5.26 Å². The SMILES string of the molecule is Cc1cccc(C(F)(F)F)c1-c1cc(-n2c3ccccc3c3ccc(-c4ccc(-c5ccccc5)nc4)cc32)c(-n2c3ccccc3c3ccc(-c4ccc(-c5ccccc5)nc4)cc32)cc1C#N. The van der Waals surface area contributed by atoms with Crippen LogP contribution < -0.4 is 0 Å². The summed E-state index contributed by atoms with van der Waals surface area (Å²) in [6.07, 6.45) is -0.930. The highest BCUT2D eigenvalue weighted by atomic mass is 19.4. The maximum absolute atomic E-state index is 15.1. The molecule has 5 nitrogen and oxygen atoms in total. The molecule has 0 saturated carbocycles. The number of aromatic nitrogens is 4. The fourth-order valence-corrected chi connectivity index (χ4v) is 10.0. The number of para-hydroxylation sites is 2. The summed E-state index contributed by atoms with van der Waals surface area (Å²) in [6.45, 7) is 1.67. The predicted molar refractivity (Wildman–Crippen MR) is 272 cm³/mol. The van der Waals surface area contributed by atoms with E-state index in [0.717, 1.165) is 94.4 Å². The zero-order valence-electron chi connectivity index (χ0n) is 37.1. The van der Waals surface area contributed by atoms with Crippen LogP contribution in [0.4, 0.5) is 13.2 Å². The number of alkyl halides is 3. The van der Waals surface area contributed by atoms with Crippen LogP contribution in [-0.2, 0) is 6.18 Å². The Morgan fingerprint density at radius 1 is 0.435 bits per heavy atom. The molecule has 0 atom stereocenters. The van der Waals surface area contributed by atoms with E-state index >= 15 is 13.2 Å². The van der Waals surface area contributed by atoms with Gasteiger partial charge in [0.05, 0.1) is 62.0 Å². The molecule has 0 saturated heterocycles. The van der Waals surface area contributed by atoms with Gasteiger partial charge in [-0.15, -0.1) is 0 Å². The molecule has 328 valence electrons. The number of pyridine rings is 2. The Hall–Kier alpha value is -9.06. The minimum atomic E-state index is -4.68. The first-order valence-corrected chi connectivity index (χ1v) is 22.6. The molecule has 0 N–H and O–H groups in total. The van der Waals surface area contributed by atoms with Gasteiger partial charge in [-0.05, 0) is 83.8 Å². The van der Waals surface area contributed by atoms with Gasteiger partial charge in [-0.25, -0.2) is 0 Å². The molecule has 4 aromatic heterocycles. The van der Waals surface area contributed by atoms with Gasteiger partial charge in [-0.3, -0.25) is 9.97 Å². The summed E-state index contributed by atoms with van der Waals surface area (Å²) in [5.74, 6) is 0. The number of hydrogen-bond acceptors (Lipinski definition) is 3. The van der Waals surface area contributed by atoms with Gasteiger partial charge in [0.2, 0.25) is 0 Å². The van der Waals surface area contributed by atoms with Crippen molar-refractivity contribution < 1.29 is 13.2 Å². The molecule has 0 fully saturated rings. The Kier molecular flexibility index (Phi) is 9.82. The number of hydrogen-bond donors (Lipinski definition) is 0. The summed E-state index contributed by atoms with van der Waals surface area (Å²) in [5, 5.41) is 15.0. The smallest absolute Gasteiger partial charge is 0.307 e. The summed E-state index contributed by atoms with van der Waals surface area (Å²) in [7, 11) is 0. The van der Waals surface area contributed by atoms with E-state index in [4.69, 9.17) is 9.97 Å². The van der Waals surface area contributed by atoms with Crippen molar-refractivity contribution in [3.05, 3.63) is 229 Å². The Morgan fingerprint density at radius 2 is 0.899 bits per heavy atom. The number of benzene rings is 8. The number of aryl methyl sites for hydroxylation is 1. The normalized spacial score (nSPS) is 11.8. The third kappa shape index (κ3) is 7.02. The van der Waals surface area contributed by atoms with Crippen LogP contribution in [0.15, 0.2) is 213 Å². The van der Waals surface area contributed by atoms with E-state index in [1.807, 2.05) is 122 Å². The van der Waals surface area contributed by atoms with Crippen LogP contribution in [0.1, 0.15) is 16.7 Å². The van der Waals surface area contributed by atoms with E-state index in [1.54, 1.807) is 25.1 Å². The first kappa shape index (κ1) is 41.4. The molecule has 0 aliphatic heterocycles. The Bertz CT molecular complexity index is 3990. The lowest BCUT2D eigenvalue weighted by molar-refractivity contribution is -0.137. The monoisotopic (exact) mass is 897 g/mol. The van der Waals surface area contributed by atoms with Gasteiger partial charge in [-0.2, -0.15) is 18.4 Å². The summed E-state index contributed by atoms with van der Waals surface area (Å²) in [6, 6.07) is 67.1. The average Bonchev–Trinajstić information content (AvgIpc) is 3.90. The number of fused-ring (bicyclic) bond motifs is 6. The van der Waals surface area contributed by atoms with Crippen LogP contribution in [0, 0.1) is 18.3 Å². The summed E-state index contributed by atoms with van der Waals surface area (Å²) >= 11 is 0. The molecule has 0 aliphatic carbocycles. The highest BCUT2D eigenvalue weighted by Gasteiger charge is 2.35. The highest BCUT2D eigenvalue weighted by Crippen LogP contribution is 2.45. The minimum absolute atomic E-state index is 0.0312. The molecule has 69 heavy (non-hydrogen) atoms. The lowest BCUT2D eigenvalue weighted by Gasteiger charge is -2.22. The number of nitrogens with zero attached hydrogens (tertiary/aromatic N) is 5. The van der Waals surface area contributed by atoms with Crippen molar-refractivity contribution >= 4 is 43.6 Å². The quantitative estimate of drug-likeness (QED) is 0.160. The molecule has 0 spiro atoms. The largest absolute Gasteiger partial charge is 0.417 e. The van der Waals surface area contributed by atoms with Gasteiger partial charge in [0.1, 0.15) is 0 Å². The second-order valence-corrected chi connectivity index (χ2v) is 17.3. The second kappa shape index (κ2) is 16.4. The van der Waals surface area contributed by atoms with Gasteiger partial charge < -0.3 is 9.13 Å². The maximum atomic E-state index is 15.1. The Morgan fingerprint density at radius 3 is 1.38 bits per heavy atom. The van der Waals surface area contributed by atoms with Crippen LogP contribution in [0.3, 0.4) is 0 Å². The van der Waals surface area contributed by atoms with Crippen LogP contribution in [0.2, 0.25) is 0 Å². The molecule has 0 aliphatic rings. The molecule has 0 unspecified atom stereocenters. The third-order valence-corrected chi connectivity index (χ3v) is 13.2. The van der Waals surface area contributed by atoms with Crippen molar-refractivity contribution in [3.8, 4) is 73.3 Å². The van der Waals surface area contributed by atoms with Crippen LogP contribution in [-0.4, -0.2) is 19.1 Å². The fourth-order valence-electron chi connectivity index (χ4n) is 10.0. The van der Waals surface area contributed by atoms with Crippen LogP contribution >= 0.6 is 0 Å². The van der Waals surface area contributed by atoms with E-state index in [-0.39, 0.29) is 16.7 Å². The first-order valence-electron chi connectivity index (χ1n) is 22.6. The van der Waals surface area contributed by atoms with Crippen molar-refractivity contribution in [2.45, 2.75) is 13.1 Å². The van der Waals surface area contributed by atoms with Crippen molar-refractivity contribution in [2.24, 2.45) is 0 Å². The molecule has 8 aromatic carbocycles. The fraction of sp³-hybridized carbons (Fsp3) is 0.0328. The molecule has 8 heteroatoms. The van der Waals surface area contributed by atoms with E-state index < -0.39 is 11.7 Å². The minimum Gasteiger partial charge on any atom is -0.307 e. The van der Waals surface area contributed by atoms with E-state index in [0.29, 0.717) is 16.9 Å². The molecule has 0 bridgehead atoms. The van der Waals surface area contributed by atoms with Gasteiger partial charge in [-0.1, -0.05) is 146 Å². The average molecular weight is 898 g/mol. The van der Waals surface area contributed by atoms with Crippen molar-refractivity contribution in [1.29, 1.82) is 5.26 Å². The first-order chi connectivity index (χ1) is 33.7. The molecule has 4 heterocycles. The number of halogens is 3. The summed E-state index contributed by atoms with van der Waals surface area (Å²) in [4.78, 5) is 9.69. The van der Waals surface area contributed by atoms with Crippen LogP contribution in [0.25, 0.3) is 111 Å². The summed E-state index contributed by atoms with van der Waals surface area (Å²) in [5.41, 5.74) is 11.9. The highest BCUT2D eigenvalue weighted by molar-refractivity contribution is 6.13. The molecular formula is C61H38F3N5. The molecule has 12 aromatic rings. The lowest BCUT2D eigenvalue weighted by Crippen LogP contribution is -2.10. The van der Waals surface area contributed by atoms with Gasteiger partial charge >= 0.3 is 6.18 Å². The predicted octanol–water partition coefficient (Wildman–Crippen LogP) is 16.2. The van der Waals surface area contributed by atoms with Crippen molar-refractivity contribution in [1.82, 2.24) is 19.1 Å². The van der Waals surface area contributed by atoms with Crippen LogP contribution in [0.5, 0.6) is 0 Å². The second-order valence-electron chi connectivity index (χ2n) is 17.3. The standard InChI is InChI=1S/C61H38F3N5/c1-38-13-12-20-51(61(62,63)64)60(38)50-34-59(69-55-22-11-9-19-47(55)49-28-24-42(32-57(49)69)44-26-30-53(67-37-44)40-16-6-3-7-17-40)58(33-45(50)35-65)68-54-21-10-8-18-46(54)48-27-23-41(31-56(48)68)43-25-29-52(66-36-43)39-14-4-2-5-15-39/h2-34,36-37H,1H3. The number of rotatable bonds is 7. The molecular weight excluding hydrogens is 860 g/mol. The zero-order valence-corrected chi connectivity index (χ0v) is 37.1. The summed E-state index contributed by atoms with van der Waals surface area (Å²) < 4.78 is 49.6.